The molecule has 1 aromatic heterocycles. The fourth-order valence-electron chi connectivity index (χ4n) is 5.13. The van der Waals surface area contributed by atoms with Crippen LogP contribution in [0.25, 0.3) is 0 Å². The van der Waals surface area contributed by atoms with Gasteiger partial charge in [0.05, 0.1) is 0 Å². The van der Waals surface area contributed by atoms with Gasteiger partial charge in [0.15, 0.2) is 5.78 Å². The number of hydrogen-bond donors (Lipinski definition) is 1. The van der Waals surface area contributed by atoms with Gasteiger partial charge in [-0.2, -0.15) is 0 Å². The van der Waals surface area contributed by atoms with Crippen molar-refractivity contribution < 1.29 is 27.8 Å². The van der Waals surface area contributed by atoms with Crippen molar-refractivity contribution >= 4 is 17.4 Å². The molecule has 3 aromatic carbocycles. The van der Waals surface area contributed by atoms with Crippen LogP contribution in [-0.2, 0) is 25.8 Å². The Bertz CT molecular complexity index is 1610. The molecule has 1 fully saturated rings. The second-order valence-electron chi connectivity index (χ2n) is 10.4. The van der Waals surface area contributed by atoms with Gasteiger partial charge in [-0.3, -0.25) is 9.59 Å². The summed E-state index contributed by atoms with van der Waals surface area (Å²) in [6.07, 6.45) is -2.72. The number of hydrogen-bond acceptors (Lipinski definition) is 4. The van der Waals surface area contributed by atoms with E-state index in [4.69, 9.17) is 11.6 Å². The molecule has 0 saturated heterocycles. The van der Waals surface area contributed by atoms with Gasteiger partial charge in [0, 0.05) is 17.8 Å². The average molecular weight is 596 g/mol. The molecule has 0 bridgehead atoms. The van der Waals surface area contributed by atoms with Crippen molar-refractivity contribution in [3.63, 3.8) is 0 Å². The third-order valence-corrected chi connectivity index (χ3v) is 7.69. The molecule has 1 aliphatic carbocycles. The number of aromatic nitrogens is 1. The average Bonchev–Trinajstić information content (AvgIpc) is 3.82. The predicted octanol–water partition coefficient (Wildman–Crippen LogP) is 7.22. The van der Waals surface area contributed by atoms with Crippen LogP contribution in [0.2, 0.25) is 5.02 Å². The van der Waals surface area contributed by atoms with Crippen LogP contribution in [0.1, 0.15) is 63.2 Å². The zero-order valence-electron chi connectivity index (χ0n) is 22.6. The second kappa shape index (κ2) is 12.5. The summed E-state index contributed by atoms with van der Waals surface area (Å²) < 4.78 is 43.8. The molecule has 1 N–H and O–H groups in total. The van der Waals surface area contributed by atoms with Crippen LogP contribution in [0, 0.1) is 0 Å². The zero-order valence-corrected chi connectivity index (χ0v) is 23.4. The van der Waals surface area contributed by atoms with E-state index in [0.717, 1.165) is 29.7 Å². The number of rotatable bonds is 11. The molecule has 1 unspecified atom stereocenters. The van der Waals surface area contributed by atoms with Crippen molar-refractivity contribution in [2.75, 3.05) is 0 Å². The number of carbonyl (C=O) groups is 1. The SMILES string of the molecule is O=C(c1ccc(CCn2c(CCc3cccc(OC(F)(F)F)c3)c(C3CC3)cc(Cl)c2=O)cc1)C(O)c1ccccc1. The topological polar surface area (TPSA) is 68.5 Å². The Balaban J connectivity index is 1.33. The molecule has 9 heteroatoms. The van der Waals surface area contributed by atoms with E-state index in [1.54, 1.807) is 65.2 Å². The summed E-state index contributed by atoms with van der Waals surface area (Å²) in [4.78, 5) is 26.0. The molecule has 218 valence electrons. The largest absolute Gasteiger partial charge is 0.573 e. The van der Waals surface area contributed by atoms with Crippen molar-refractivity contribution in [2.24, 2.45) is 0 Å². The normalized spacial score (nSPS) is 14.0. The highest BCUT2D eigenvalue weighted by atomic mass is 35.5. The summed E-state index contributed by atoms with van der Waals surface area (Å²) >= 11 is 6.36. The molecule has 0 amide bonds. The molecule has 5 nitrogen and oxygen atoms in total. The van der Waals surface area contributed by atoms with Crippen molar-refractivity contribution in [3.8, 4) is 5.75 Å². The van der Waals surface area contributed by atoms with Gasteiger partial charge in [-0.05, 0) is 78.5 Å². The third-order valence-electron chi connectivity index (χ3n) is 7.42. The molecule has 1 heterocycles. The molecule has 42 heavy (non-hydrogen) atoms. The lowest BCUT2D eigenvalue weighted by molar-refractivity contribution is -0.274. The van der Waals surface area contributed by atoms with E-state index in [1.807, 2.05) is 6.07 Å². The Kier molecular flexibility index (Phi) is 8.85. The van der Waals surface area contributed by atoms with E-state index in [9.17, 15) is 27.9 Å². The Morgan fingerprint density at radius 2 is 1.64 bits per heavy atom. The van der Waals surface area contributed by atoms with Crippen LogP contribution < -0.4 is 10.3 Å². The predicted molar refractivity (Wildman–Crippen MR) is 154 cm³/mol. The summed E-state index contributed by atoms with van der Waals surface area (Å²) in [5, 5.41) is 10.6. The Morgan fingerprint density at radius 1 is 0.929 bits per heavy atom. The number of halogens is 4. The molecule has 0 spiro atoms. The number of aryl methyl sites for hydroxylation is 2. The summed E-state index contributed by atoms with van der Waals surface area (Å²) in [6, 6.07) is 23.2. The molecule has 1 saturated carbocycles. The molecule has 4 aromatic rings. The quantitative estimate of drug-likeness (QED) is 0.186. The molecular formula is C33H29ClF3NO4. The van der Waals surface area contributed by atoms with E-state index >= 15 is 0 Å². The van der Waals surface area contributed by atoms with Crippen LogP contribution in [0.15, 0.2) is 89.7 Å². The number of nitrogens with zero attached hydrogens (tertiary/aromatic N) is 1. The highest BCUT2D eigenvalue weighted by Crippen LogP contribution is 2.42. The first-order chi connectivity index (χ1) is 20.1. The lowest BCUT2D eigenvalue weighted by atomic mass is 9.98. The Hall–Kier alpha value is -3.88. The minimum Gasteiger partial charge on any atom is -0.406 e. The van der Waals surface area contributed by atoms with Crippen LogP contribution in [0.4, 0.5) is 13.2 Å². The summed E-state index contributed by atoms with van der Waals surface area (Å²) in [5.41, 5.74) is 3.95. The van der Waals surface area contributed by atoms with Crippen molar-refractivity contribution in [1.82, 2.24) is 4.57 Å². The standard InChI is InChI=1S/C33H29ClF3NO4/c34-28-20-27(23-14-15-23)29(16-11-22-5-4-8-26(19-22)42-33(35,36)37)38(32(28)41)18-17-21-9-12-25(13-10-21)31(40)30(39)24-6-2-1-3-7-24/h1-10,12-13,19-20,23,30,39H,11,14-18H2. The number of ketones is 1. The van der Waals surface area contributed by atoms with E-state index in [1.165, 1.54) is 18.2 Å². The van der Waals surface area contributed by atoms with Gasteiger partial charge in [0.25, 0.3) is 5.56 Å². The van der Waals surface area contributed by atoms with E-state index in [2.05, 4.69) is 4.74 Å². The lowest BCUT2D eigenvalue weighted by Crippen LogP contribution is -2.27. The van der Waals surface area contributed by atoms with Gasteiger partial charge >= 0.3 is 6.36 Å². The van der Waals surface area contributed by atoms with Crippen LogP contribution in [0.5, 0.6) is 5.75 Å². The first kappa shape index (κ1) is 29.6. The first-order valence-electron chi connectivity index (χ1n) is 13.7. The number of pyridine rings is 1. The minimum absolute atomic E-state index is 0.136. The number of ether oxygens (including phenoxy) is 1. The molecule has 1 atom stereocenters. The molecule has 0 radical (unpaired) electrons. The second-order valence-corrected chi connectivity index (χ2v) is 10.9. The maximum Gasteiger partial charge on any atom is 0.573 e. The number of benzene rings is 3. The Labute approximate surface area is 246 Å². The maximum atomic E-state index is 13.2. The number of aliphatic hydroxyl groups excluding tert-OH is 1. The highest BCUT2D eigenvalue weighted by Gasteiger charge is 2.31. The van der Waals surface area contributed by atoms with Crippen LogP contribution in [0.3, 0.4) is 0 Å². The summed E-state index contributed by atoms with van der Waals surface area (Å²) in [6.45, 7) is 0.339. The molecule has 0 aliphatic heterocycles. The van der Waals surface area contributed by atoms with Gasteiger partial charge in [-0.25, -0.2) is 0 Å². The lowest BCUT2D eigenvalue weighted by Gasteiger charge is -2.19. The molecule has 1 aliphatic rings. The molecular weight excluding hydrogens is 567 g/mol. The summed E-state index contributed by atoms with van der Waals surface area (Å²) in [7, 11) is 0. The summed E-state index contributed by atoms with van der Waals surface area (Å²) in [5.74, 6) is -0.389. The fourth-order valence-corrected chi connectivity index (χ4v) is 5.35. The fraction of sp³-hybridized carbons (Fsp3) is 0.273. The zero-order chi connectivity index (χ0) is 29.9. The van der Waals surface area contributed by atoms with Gasteiger partial charge in [-0.1, -0.05) is 78.3 Å². The number of Topliss-reactive ketones (excluding diaryl/α,β-unsaturated/α-hetero) is 1. The van der Waals surface area contributed by atoms with E-state index in [0.29, 0.717) is 48.4 Å². The van der Waals surface area contributed by atoms with Crippen molar-refractivity contribution in [1.29, 1.82) is 0 Å². The number of carbonyl (C=O) groups excluding carboxylic acids is 1. The number of aliphatic hydroxyl groups is 1. The van der Waals surface area contributed by atoms with Crippen LogP contribution in [-0.4, -0.2) is 21.8 Å². The van der Waals surface area contributed by atoms with Crippen molar-refractivity contribution in [3.05, 3.63) is 134 Å². The van der Waals surface area contributed by atoms with Crippen molar-refractivity contribution in [2.45, 2.75) is 57.0 Å². The third kappa shape index (κ3) is 7.30. The minimum atomic E-state index is -4.78. The highest BCUT2D eigenvalue weighted by molar-refractivity contribution is 6.30. The van der Waals surface area contributed by atoms with Gasteiger partial charge in [0.1, 0.15) is 16.9 Å². The monoisotopic (exact) mass is 595 g/mol. The van der Waals surface area contributed by atoms with Gasteiger partial charge < -0.3 is 14.4 Å². The van der Waals surface area contributed by atoms with E-state index < -0.39 is 18.2 Å². The Morgan fingerprint density at radius 3 is 2.31 bits per heavy atom. The number of alkyl halides is 3. The van der Waals surface area contributed by atoms with Gasteiger partial charge in [-0.15, -0.1) is 13.2 Å². The molecule has 5 rings (SSSR count). The smallest absolute Gasteiger partial charge is 0.406 e. The first-order valence-corrected chi connectivity index (χ1v) is 14.1. The van der Waals surface area contributed by atoms with Gasteiger partial charge in [0.2, 0.25) is 0 Å². The maximum absolute atomic E-state index is 13.2. The van der Waals surface area contributed by atoms with Crippen LogP contribution >= 0.6 is 11.6 Å². The van der Waals surface area contributed by atoms with E-state index in [-0.39, 0.29) is 16.3 Å².